The van der Waals surface area contributed by atoms with Crippen molar-refractivity contribution in [3.63, 3.8) is 0 Å². The molecule has 0 aromatic carbocycles. The highest BCUT2D eigenvalue weighted by Crippen LogP contribution is 2.43. The van der Waals surface area contributed by atoms with Crippen LogP contribution in [0.1, 0.15) is 406 Å². The number of quaternary nitrogens is 1. The minimum atomic E-state index is -4.35. The maximum atomic E-state index is 13.1. The molecule has 516 valence electrons. The van der Waals surface area contributed by atoms with Crippen molar-refractivity contribution in [2.75, 3.05) is 40.9 Å². The van der Waals surface area contributed by atoms with Crippen molar-refractivity contribution < 1.29 is 32.9 Å². The first-order chi connectivity index (χ1) is 42.5. The largest absolute Gasteiger partial charge is 0.472 e. The van der Waals surface area contributed by atoms with Crippen LogP contribution >= 0.6 is 7.82 Å². The first kappa shape index (κ1) is 85.7. The number of unbranched alkanes of at least 4 members (excludes halogenated alkanes) is 56. The summed E-state index contributed by atoms with van der Waals surface area (Å²) < 4.78 is 23.9. The van der Waals surface area contributed by atoms with Gasteiger partial charge in [-0.3, -0.25) is 13.8 Å². The fourth-order valence-electron chi connectivity index (χ4n) is 12.1. The third kappa shape index (κ3) is 72.0. The normalized spacial score (nSPS) is 13.7. The first-order valence-corrected chi connectivity index (χ1v) is 40.4. The highest BCUT2D eigenvalue weighted by Gasteiger charge is 2.28. The number of allylic oxidation sites excluding steroid dienone is 5. The van der Waals surface area contributed by atoms with E-state index in [0.29, 0.717) is 17.4 Å². The van der Waals surface area contributed by atoms with E-state index in [1.54, 1.807) is 6.08 Å². The lowest BCUT2D eigenvalue weighted by Gasteiger charge is -2.25. The number of aliphatic hydroxyl groups excluding tert-OH is 1. The van der Waals surface area contributed by atoms with E-state index in [2.05, 4.69) is 43.5 Å². The number of aliphatic hydroxyl groups is 1. The minimum absolute atomic E-state index is 0.0641. The molecule has 0 bridgehead atoms. The zero-order valence-corrected chi connectivity index (χ0v) is 60.2. The average Bonchev–Trinajstić information content (AvgIpc) is 3.70. The SMILES string of the molecule is CCCCCCC/C=C\C/C=C\CCCCCCCCCCCCCCCCCCCCCCCCCC(=O)NC(COP(=O)(O)OCC[N+](C)(C)C)C(O)/C=C/CCCCCCCCCCCCCCCCCCCCCCCCCCCCCC. The molecule has 8 nitrogen and oxygen atoms in total. The van der Waals surface area contributed by atoms with E-state index in [-0.39, 0.29) is 19.1 Å². The van der Waals surface area contributed by atoms with Crippen LogP contribution in [0.15, 0.2) is 36.5 Å². The Morgan fingerprint density at radius 3 is 0.943 bits per heavy atom. The quantitative estimate of drug-likeness (QED) is 0.0243. The number of phosphoric acid groups is 1. The molecule has 1 amide bonds. The monoisotopic (exact) mass is 1250 g/mol. The van der Waals surface area contributed by atoms with E-state index >= 15 is 0 Å². The Balaban J connectivity index is 3.96. The van der Waals surface area contributed by atoms with E-state index in [9.17, 15) is 19.4 Å². The molecule has 0 aliphatic rings. The fraction of sp³-hybridized carbons (Fsp3) is 0.910. The van der Waals surface area contributed by atoms with E-state index in [1.807, 2.05) is 27.2 Å². The molecule has 0 rings (SSSR count). The number of carbonyl (C=O) groups excluding carboxylic acids is 1. The van der Waals surface area contributed by atoms with Gasteiger partial charge in [0, 0.05) is 6.42 Å². The summed E-state index contributed by atoms with van der Waals surface area (Å²) in [5, 5.41) is 14.1. The Labute approximate surface area is 544 Å². The predicted molar refractivity (Wildman–Crippen MR) is 383 cm³/mol. The van der Waals surface area contributed by atoms with Crippen molar-refractivity contribution in [3.8, 4) is 0 Å². The Bertz CT molecular complexity index is 1510. The van der Waals surface area contributed by atoms with Gasteiger partial charge in [-0.1, -0.05) is 384 Å². The standard InChI is InChI=1S/C78H153N2O6P/c1-6-8-10-12-14-16-18-20-22-24-26-28-30-32-34-36-38-39-40-41-42-44-46-48-50-52-54-56-58-60-62-64-66-68-70-72-78(82)79-76(75-86-87(83,84)85-74-73-80(3,4)5)77(81)71-69-67-65-63-61-59-57-55-53-51-49-47-45-43-37-35-33-31-29-27-25-23-21-19-17-15-13-11-9-7-2/h18,20,24,26,69,71,76-77,81H,6-17,19,21-23,25,27-68,70,72-75H2,1-5H3,(H-,79,82,83,84)/p+1/b20-18-,26-24-,71-69+. The smallest absolute Gasteiger partial charge is 0.387 e. The van der Waals surface area contributed by atoms with Gasteiger partial charge in [-0.2, -0.15) is 0 Å². The number of rotatable bonds is 73. The van der Waals surface area contributed by atoms with Crippen molar-refractivity contribution in [2.24, 2.45) is 0 Å². The van der Waals surface area contributed by atoms with Gasteiger partial charge >= 0.3 is 7.82 Å². The summed E-state index contributed by atoms with van der Waals surface area (Å²) in [4.78, 5) is 23.5. The van der Waals surface area contributed by atoms with Crippen molar-refractivity contribution in [1.82, 2.24) is 5.32 Å². The van der Waals surface area contributed by atoms with Gasteiger partial charge in [0.05, 0.1) is 39.9 Å². The van der Waals surface area contributed by atoms with Crippen LogP contribution in [0, 0.1) is 0 Å². The Hall–Kier alpha value is -1.28. The summed E-state index contributed by atoms with van der Waals surface area (Å²) in [6.45, 7) is 4.87. The fourth-order valence-corrected chi connectivity index (χ4v) is 12.8. The van der Waals surface area contributed by atoms with E-state index in [1.165, 1.54) is 347 Å². The zero-order valence-electron chi connectivity index (χ0n) is 59.3. The number of likely N-dealkylation sites (N-methyl/N-ethyl adjacent to an activating group) is 1. The number of nitrogens with one attached hydrogen (secondary N) is 1. The van der Waals surface area contributed by atoms with Crippen LogP contribution in [0.2, 0.25) is 0 Å². The van der Waals surface area contributed by atoms with Gasteiger partial charge in [-0.15, -0.1) is 0 Å². The molecule has 0 saturated carbocycles. The van der Waals surface area contributed by atoms with Crippen molar-refractivity contribution in [1.29, 1.82) is 0 Å². The van der Waals surface area contributed by atoms with Crippen LogP contribution in [0.3, 0.4) is 0 Å². The molecule has 3 atom stereocenters. The molecule has 0 aromatic heterocycles. The van der Waals surface area contributed by atoms with Crippen LogP contribution in [0.25, 0.3) is 0 Å². The predicted octanol–water partition coefficient (Wildman–Crippen LogP) is 25.2. The molecule has 0 aliphatic heterocycles. The lowest BCUT2D eigenvalue weighted by atomic mass is 10.0. The molecular formula is C78H154N2O6P+. The Morgan fingerprint density at radius 1 is 0.391 bits per heavy atom. The van der Waals surface area contributed by atoms with Crippen molar-refractivity contribution in [2.45, 2.75) is 418 Å². The highest BCUT2D eigenvalue weighted by molar-refractivity contribution is 7.47. The molecule has 0 radical (unpaired) electrons. The van der Waals surface area contributed by atoms with Gasteiger partial charge in [-0.25, -0.2) is 4.57 Å². The second-order valence-electron chi connectivity index (χ2n) is 28.1. The zero-order chi connectivity index (χ0) is 63.4. The molecule has 0 saturated heterocycles. The number of hydrogen-bond acceptors (Lipinski definition) is 5. The van der Waals surface area contributed by atoms with Crippen LogP contribution < -0.4 is 5.32 Å². The number of phosphoric ester groups is 1. The summed E-state index contributed by atoms with van der Waals surface area (Å²) in [6, 6.07) is -0.847. The highest BCUT2D eigenvalue weighted by atomic mass is 31.2. The molecular weight excluding hydrogens is 1090 g/mol. The second kappa shape index (κ2) is 69.1. The van der Waals surface area contributed by atoms with E-state index in [0.717, 1.165) is 38.5 Å². The summed E-state index contributed by atoms with van der Waals surface area (Å²) >= 11 is 0. The van der Waals surface area contributed by atoms with Crippen molar-refractivity contribution >= 4 is 13.7 Å². The van der Waals surface area contributed by atoms with Gasteiger partial charge in [-0.05, 0) is 51.4 Å². The van der Waals surface area contributed by atoms with Crippen LogP contribution in [-0.2, 0) is 18.4 Å². The number of hydrogen-bond donors (Lipinski definition) is 3. The number of amides is 1. The van der Waals surface area contributed by atoms with Crippen LogP contribution in [0.4, 0.5) is 0 Å². The molecule has 0 spiro atoms. The third-order valence-electron chi connectivity index (χ3n) is 18.1. The second-order valence-corrected chi connectivity index (χ2v) is 29.5. The molecule has 9 heteroatoms. The summed E-state index contributed by atoms with van der Waals surface area (Å²) in [7, 11) is 1.59. The Kier molecular flexibility index (Phi) is 68.1. The summed E-state index contributed by atoms with van der Waals surface area (Å²) in [5.41, 5.74) is 0. The van der Waals surface area contributed by atoms with E-state index < -0.39 is 20.0 Å². The topological polar surface area (TPSA) is 105 Å². The molecule has 0 heterocycles. The lowest BCUT2D eigenvalue weighted by molar-refractivity contribution is -0.870. The molecule has 0 aliphatic carbocycles. The van der Waals surface area contributed by atoms with Crippen LogP contribution in [0.5, 0.6) is 0 Å². The maximum Gasteiger partial charge on any atom is 0.472 e. The summed E-state index contributed by atoms with van der Waals surface area (Å²) in [6.07, 6.45) is 93.3. The van der Waals surface area contributed by atoms with Gasteiger partial charge < -0.3 is 19.8 Å². The maximum absolute atomic E-state index is 13.1. The average molecular weight is 1250 g/mol. The molecule has 3 unspecified atom stereocenters. The van der Waals surface area contributed by atoms with Gasteiger partial charge in [0.15, 0.2) is 0 Å². The first-order valence-electron chi connectivity index (χ1n) is 38.9. The van der Waals surface area contributed by atoms with Gasteiger partial charge in [0.1, 0.15) is 13.2 Å². The number of carbonyl (C=O) groups is 1. The molecule has 0 fully saturated rings. The van der Waals surface area contributed by atoms with Gasteiger partial charge in [0.2, 0.25) is 5.91 Å². The van der Waals surface area contributed by atoms with Crippen molar-refractivity contribution in [3.05, 3.63) is 36.5 Å². The third-order valence-corrected chi connectivity index (χ3v) is 19.1. The molecule has 3 N–H and O–H groups in total. The minimum Gasteiger partial charge on any atom is -0.387 e. The van der Waals surface area contributed by atoms with Gasteiger partial charge in [0.25, 0.3) is 0 Å². The summed E-state index contributed by atoms with van der Waals surface area (Å²) in [5.74, 6) is -0.168. The Morgan fingerprint density at radius 2 is 0.655 bits per heavy atom. The number of nitrogens with zero attached hydrogens (tertiary/aromatic N) is 1. The van der Waals surface area contributed by atoms with Crippen LogP contribution in [-0.4, -0.2) is 73.4 Å². The van der Waals surface area contributed by atoms with E-state index in [4.69, 9.17) is 9.05 Å². The molecule has 0 aromatic rings. The molecule has 87 heavy (non-hydrogen) atoms. The lowest BCUT2D eigenvalue weighted by Crippen LogP contribution is -2.45.